The molecule has 0 aromatic heterocycles. The summed E-state index contributed by atoms with van der Waals surface area (Å²) >= 11 is 0. The van der Waals surface area contributed by atoms with Gasteiger partial charge in [-0.05, 0) is 30.7 Å². The molecule has 1 aromatic rings. The van der Waals surface area contributed by atoms with Crippen molar-refractivity contribution in [2.24, 2.45) is 5.92 Å². The lowest BCUT2D eigenvalue weighted by molar-refractivity contribution is -0.123. The summed E-state index contributed by atoms with van der Waals surface area (Å²) < 4.78 is 0. The van der Waals surface area contributed by atoms with E-state index in [1.54, 1.807) is 0 Å². The van der Waals surface area contributed by atoms with Crippen LogP contribution in [0.25, 0.3) is 0 Å². The van der Waals surface area contributed by atoms with Gasteiger partial charge in [0.05, 0.1) is 0 Å². The predicted molar refractivity (Wildman–Crippen MR) is 72.3 cm³/mol. The second-order valence-corrected chi connectivity index (χ2v) is 5.70. The molecule has 2 fully saturated rings. The Morgan fingerprint density at radius 3 is 2.50 bits per heavy atom. The Morgan fingerprint density at radius 1 is 1.06 bits per heavy atom. The number of benzene rings is 1. The van der Waals surface area contributed by atoms with E-state index in [1.165, 1.54) is 37.7 Å². The summed E-state index contributed by atoms with van der Waals surface area (Å²) in [6.45, 7) is 0. The minimum atomic E-state index is 0.231. The number of nitrogens with one attached hydrogen (secondary N) is 1. The topological polar surface area (TPSA) is 29.1 Å². The third-order valence-corrected chi connectivity index (χ3v) is 4.31. The van der Waals surface area contributed by atoms with Gasteiger partial charge in [-0.25, -0.2) is 0 Å². The van der Waals surface area contributed by atoms with Crippen LogP contribution < -0.4 is 5.32 Å². The van der Waals surface area contributed by atoms with Gasteiger partial charge in [0.15, 0.2) is 0 Å². The second-order valence-electron chi connectivity index (χ2n) is 5.70. The van der Waals surface area contributed by atoms with Gasteiger partial charge in [-0.15, -0.1) is 0 Å². The van der Waals surface area contributed by atoms with E-state index in [9.17, 15) is 4.79 Å². The maximum Gasteiger partial charge on any atom is 0.223 e. The molecule has 2 aliphatic carbocycles. The first-order chi connectivity index (χ1) is 8.84. The molecule has 1 N–H and O–H groups in total. The zero-order chi connectivity index (χ0) is 12.4. The van der Waals surface area contributed by atoms with Crippen LogP contribution in [0.15, 0.2) is 30.3 Å². The molecule has 2 nitrogen and oxygen atoms in total. The van der Waals surface area contributed by atoms with Gasteiger partial charge in [0, 0.05) is 12.0 Å². The van der Waals surface area contributed by atoms with Gasteiger partial charge in [-0.2, -0.15) is 0 Å². The zero-order valence-corrected chi connectivity index (χ0v) is 10.8. The zero-order valence-electron chi connectivity index (χ0n) is 10.8. The molecule has 18 heavy (non-hydrogen) atoms. The standard InChI is InChI=1S/C16H21NO/c18-16(17-13-9-5-2-6-10-13)15-11-14(15)12-7-3-1-4-8-12/h1,3-4,7-8,13-15H,2,5-6,9-11H2,(H,17,18)/t14-,15-/m0/s1. The number of carbonyl (C=O) groups is 1. The first-order valence-corrected chi connectivity index (χ1v) is 7.20. The molecule has 0 bridgehead atoms. The molecular formula is C16H21NO. The number of hydrogen-bond acceptors (Lipinski definition) is 1. The maximum absolute atomic E-state index is 12.1. The van der Waals surface area contributed by atoms with Crippen LogP contribution in [0.3, 0.4) is 0 Å². The summed E-state index contributed by atoms with van der Waals surface area (Å²) in [4.78, 5) is 12.1. The molecule has 0 spiro atoms. The van der Waals surface area contributed by atoms with Crippen molar-refractivity contribution < 1.29 is 4.79 Å². The lowest BCUT2D eigenvalue weighted by Crippen LogP contribution is -2.37. The number of hydrogen-bond donors (Lipinski definition) is 1. The van der Waals surface area contributed by atoms with Crippen molar-refractivity contribution in [1.82, 2.24) is 5.32 Å². The molecule has 2 atom stereocenters. The highest BCUT2D eigenvalue weighted by Crippen LogP contribution is 2.47. The molecule has 96 valence electrons. The van der Waals surface area contributed by atoms with Crippen LogP contribution in [0.5, 0.6) is 0 Å². The molecular weight excluding hydrogens is 222 g/mol. The summed E-state index contributed by atoms with van der Waals surface area (Å²) in [6, 6.07) is 10.9. The SMILES string of the molecule is O=C(NC1CCCCC1)[C@H]1C[C@H]1c1ccccc1. The molecule has 0 heterocycles. The normalized spacial score (nSPS) is 27.8. The Balaban J connectivity index is 1.53. The molecule has 0 unspecified atom stereocenters. The third kappa shape index (κ3) is 2.58. The minimum absolute atomic E-state index is 0.231. The quantitative estimate of drug-likeness (QED) is 0.867. The summed E-state index contributed by atoms with van der Waals surface area (Å²) in [6.07, 6.45) is 7.27. The van der Waals surface area contributed by atoms with E-state index in [4.69, 9.17) is 0 Å². The Hall–Kier alpha value is -1.31. The van der Waals surface area contributed by atoms with Crippen molar-refractivity contribution in [3.05, 3.63) is 35.9 Å². The summed E-state index contributed by atoms with van der Waals surface area (Å²) in [7, 11) is 0. The van der Waals surface area contributed by atoms with Gasteiger partial charge in [-0.3, -0.25) is 4.79 Å². The van der Waals surface area contributed by atoms with Crippen LogP contribution >= 0.6 is 0 Å². The second kappa shape index (κ2) is 5.13. The summed E-state index contributed by atoms with van der Waals surface area (Å²) in [5.41, 5.74) is 1.32. The first-order valence-electron chi connectivity index (χ1n) is 7.20. The van der Waals surface area contributed by atoms with Crippen LogP contribution in [-0.4, -0.2) is 11.9 Å². The lowest BCUT2D eigenvalue weighted by atomic mass is 9.95. The van der Waals surface area contributed by atoms with Crippen molar-refractivity contribution in [1.29, 1.82) is 0 Å². The fraction of sp³-hybridized carbons (Fsp3) is 0.562. The smallest absolute Gasteiger partial charge is 0.223 e. The Kier molecular flexibility index (Phi) is 3.35. The van der Waals surface area contributed by atoms with Crippen LogP contribution in [0.4, 0.5) is 0 Å². The molecule has 3 rings (SSSR count). The average Bonchev–Trinajstić information content (AvgIpc) is 3.21. The van der Waals surface area contributed by atoms with Gasteiger partial charge < -0.3 is 5.32 Å². The number of rotatable bonds is 3. The molecule has 0 aliphatic heterocycles. The molecule has 2 heteroatoms. The van der Waals surface area contributed by atoms with Gasteiger partial charge in [-0.1, -0.05) is 49.6 Å². The molecule has 0 radical (unpaired) electrons. The fourth-order valence-electron chi connectivity index (χ4n) is 3.11. The highest BCUT2D eigenvalue weighted by Gasteiger charge is 2.44. The van der Waals surface area contributed by atoms with E-state index in [0.717, 1.165) is 6.42 Å². The molecule has 2 aliphatic rings. The maximum atomic E-state index is 12.1. The van der Waals surface area contributed by atoms with Crippen molar-refractivity contribution in [3.63, 3.8) is 0 Å². The largest absolute Gasteiger partial charge is 0.353 e. The first kappa shape index (κ1) is 11.8. The van der Waals surface area contributed by atoms with E-state index in [2.05, 4.69) is 29.6 Å². The lowest BCUT2D eigenvalue weighted by Gasteiger charge is -2.22. The molecule has 2 saturated carbocycles. The van der Waals surface area contributed by atoms with Crippen molar-refractivity contribution in [2.45, 2.75) is 50.5 Å². The van der Waals surface area contributed by atoms with Crippen molar-refractivity contribution >= 4 is 5.91 Å². The predicted octanol–water partition coefficient (Wildman–Crippen LogP) is 3.24. The third-order valence-electron chi connectivity index (χ3n) is 4.31. The summed E-state index contributed by atoms with van der Waals surface area (Å²) in [5, 5.41) is 3.24. The summed E-state index contributed by atoms with van der Waals surface area (Å²) in [5.74, 6) is 0.986. The Morgan fingerprint density at radius 2 is 1.78 bits per heavy atom. The number of carbonyl (C=O) groups excluding carboxylic acids is 1. The van der Waals surface area contributed by atoms with E-state index in [1.807, 2.05) is 6.07 Å². The van der Waals surface area contributed by atoms with Gasteiger partial charge in [0.2, 0.25) is 5.91 Å². The Labute approximate surface area is 109 Å². The Bertz CT molecular complexity index is 408. The van der Waals surface area contributed by atoms with E-state index < -0.39 is 0 Å². The molecule has 1 aromatic carbocycles. The van der Waals surface area contributed by atoms with Crippen molar-refractivity contribution in [2.75, 3.05) is 0 Å². The van der Waals surface area contributed by atoms with E-state index in [0.29, 0.717) is 12.0 Å². The van der Waals surface area contributed by atoms with Crippen LogP contribution in [0, 0.1) is 5.92 Å². The average molecular weight is 243 g/mol. The van der Waals surface area contributed by atoms with Gasteiger partial charge in [0.25, 0.3) is 0 Å². The number of amides is 1. The van der Waals surface area contributed by atoms with Gasteiger partial charge in [0.1, 0.15) is 0 Å². The van der Waals surface area contributed by atoms with Crippen LogP contribution in [0.1, 0.15) is 50.0 Å². The minimum Gasteiger partial charge on any atom is -0.353 e. The molecule has 1 amide bonds. The monoisotopic (exact) mass is 243 g/mol. The van der Waals surface area contributed by atoms with E-state index in [-0.39, 0.29) is 11.8 Å². The highest BCUT2D eigenvalue weighted by atomic mass is 16.2. The van der Waals surface area contributed by atoms with Gasteiger partial charge >= 0.3 is 0 Å². The van der Waals surface area contributed by atoms with E-state index >= 15 is 0 Å². The highest BCUT2D eigenvalue weighted by molar-refractivity contribution is 5.83. The van der Waals surface area contributed by atoms with Crippen LogP contribution in [0.2, 0.25) is 0 Å². The van der Waals surface area contributed by atoms with Crippen molar-refractivity contribution in [3.8, 4) is 0 Å². The fourth-order valence-corrected chi connectivity index (χ4v) is 3.11. The molecule has 0 saturated heterocycles. The van der Waals surface area contributed by atoms with Crippen LogP contribution in [-0.2, 0) is 4.79 Å².